The topological polar surface area (TPSA) is 84.9 Å². The fourth-order valence-corrected chi connectivity index (χ4v) is 1.46. The first-order chi connectivity index (χ1) is 8.49. The van der Waals surface area contributed by atoms with Crippen molar-refractivity contribution in [3.63, 3.8) is 0 Å². The van der Waals surface area contributed by atoms with Gasteiger partial charge in [-0.2, -0.15) is 0 Å². The smallest absolute Gasteiger partial charge is 0.337 e. The molecule has 0 unspecified atom stereocenters. The molecule has 0 saturated heterocycles. The van der Waals surface area contributed by atoms with Gasteiger partial charge in [0.15, 0.2) is 11.5 Å². The van der Waals surface area contributed by atoms with Crippen LogP contribution in [0.25, 0.3) is 0 Å². The van der Waals surface area contributed by atoms with E-state index in [1.165, 1.54) is 26.2 Å². The van der Waals surface area contributed by atoms with Gasteiger partial charge in [-0.1, -0.05) is 0 Å². The molecule has 1 aromatic carbocycles. The number of hydrogen-bond donors (Lipinski definition) is 2. The maximum absolute atomic E-state index is 11.1. The molecule has 2 N–H and O–H groups in total. The van der Waals surface area contributed by atoms with Crippen LogP contribution in [0, 0.1) is 0 Å². The lowest BCUT2D eigenvalue weighted by molar-refractivity contribution is -0.114. The molecule has 0 aromatic heterocycles. The van der Waals surface area contributed by atoms with Crippen LogP contribution >= 0.6 is 0 Å². The Bertz CT molecular complexity index is 470. The normalized spacial score (nSPS) is 9.72. The molecule has 0 heterocycles. The van der Waals surface area contributed by atoms with Gasteiger partial charge in [-0.15, -0.1) is 0 Å². The molecule has 0 saturated carbocycles. The van der Waals surface area contributed by atoms with Crippen LogP contribution in [0.5, 0.6) is 11.5 Å². The molecule has 6 heteroatoms. The Labute approximate surface area is 105 Å². The molecule has 1 rings (SSSR count). The number of rotatable bonds is 5. The van der Waals surface area contributed by atoms with Gasteiger partial charge < -0.3 is 19.9 Å². The Balaban J connectivity index is 3.31. The first-order valence-electron chi connectivity index (χ1n) is 5.35. The lowest BCUT2D eigenvalue weighted by atomic mass is 10.1. The molecule has 1 aromatic rings. The van der Waals surface area contributed by atoms with Crippen LogP contribution in [0.4, 0.5) is 5.69 Å². The van der Waals surface area contributed by atoms with Gasteiger partial charge in [0, 0.05) is 19.1 Å². The van der Waals surface area contributed by atoms with E-state index in [0.29, 0.717) is 18.1 Å². The number of amides is 1. The van der Waals surface area contributed by atoms with E-state index in [9.17, 15) is 9.59 Å². The molecule has 0 atom stereocenters. The molecule has 98 valence electrons. The number of aromatic carboxylic acids is 1. The van der Waals surface area contributed by atoms with E-state index in [1.54, 1.807) is 6.92 Å². The molecular weight excluding hydrogens is 238 g/mol. The Morgan fingerprint density at radius 3 is 2.44 bits per heavy atom. The van der Waals surface area contributed by atoms with Crippen molar-refractivity contribution in [2.45, 2.75) is 13.8 Å². The largest absolute Gasteiger partial charge is 0.493 e. The van der Waals surface area contributed by atoms with Crippen molar-refractivity contribution in [3.05, 3.63) is 17.7 Å². The first kappa shape index (κ1) is 13.8. The van der Waals surface area contributed by atoms with Crippen LogP contribution in [-0.2, 0) is 4.79 Å². The summed E-state index contributed by atoms with van der Waals surface area (Å²) in [4.78, 5) is 22.1. The zero-order valence-corrected chi connectivity index (χ0v) is 10.4. The fourth-order valence-electron chi connectivity index (χ4n) is 1.46. The number of carboxylic acids is 1. The third-order valence-corrected chi connectivity index (χ3v) is 2.14. The molecule has 0 bridgehead atoms. The van der Waals surface area contributed by atoms with Crippen molar-refractivity contribution in [1.82, 2.24) is 0 Å². The highest BCUT2D eigenvalue weighted by molar-refractivity contribution is 6.00. The van der Waals surface area contributed by atoms with E-state index in [2.05, 4.69) is 5.32 Å². The standard InChI is InChI=1S/C12H15NO5/c1-4-18-11-5-8(12(15)16)9(13-7(2)14)6-10(11)17-3/h5-6H,4H2,1-3H3,(H,13,14)(H,15,16). The monoisotopic (exact) mass is 253 g/mol. The van der Waals surface area contributed by atoms with Crippen LogP contribution < -0.4 is 14.8 Å². The summed E-state index contributed by atoms with van der Waals surface area (Å²) in [5.41, 5.74) is 0.129. The van der Waals surface area contributed by atoms with E-state index in [-0.39, 0.29) is 17.2 Å². The van der Waals surface area contributed by atoms with E-state index in [1.807, 2.05) is 0 Å². The SMILES string of the molecule is CCOc1cc(C(=O)O)c(NC(C)=O)cc1OC. The highest BCUT2D eigenvalue weighted by atomic mass is 16.5. The predicted molar refractivity (Wildman–Crippen MR) is 65.4 cm³/mol. The van der Waals surface area contributed by atoms with Crippen LogP contribution in [0.3, 0.4) is 0 Å². The number of benzene rings is 1. The van der Waals surface area contributed by atoms with Crippen molar-refractivity contribution in [1.29, 1.82) is 0 Å². The molecule has 0 aliphatic heterocycles. The van der Waals surface area contributed by atoms with Crippen LogP contribution in [0.2, 0.25) is 0 Å². The molecule has 0 fully saturated rings. The Morgan fingerprint density at radius 1 is 1.33 bits per heavy atom. The minimum atomic E-state index is -1.15. The van der Waals surface area contributed by atoms with Gasteiger partial charge in [0.05, 0.1) is 25.0 Å². The van der Waals surface area contributed by atoms with Crippen molar-refractivity contribution in [3.8, 4) is 11.5 Å². The lowest BCUT2D eigenvalue weighted by Crippen LogP contribution is -2.11. The summed E-state index contributed by atoms with van der Waals surface area (Å²) in [5, 5.41) is 11.5. The molecule has 0 radical (unpaired) electrons. The van der Waals surface area contributed by atoms with Crippen molar-refractivity contribution in [2.75, 3.05) is 19.0 Å². The molecule has 0 aliphatic carbocycles. The average molecular weight is 253 g/mol. The zero-order chi connectivity index (χ0) is 13.7. The van der Waals surface area contributed by atoms with Crippen LogP contribution in [-0.4, -0.2) is 30.7 Å². The van der Waals surface area contributed by atoms with Gasteiger partial charge >= 0.3 is 5.97 Å². The van der Waals surface area contributed by atoms with E-state index in [4.69, 9.17) is 14.6 Å². The first-order valence-corrected chi connectivity index (χ1v) is 5.35. The summed E-state index contributed by atoms with van der Waals surface area (Å²) in [7, 11) is 1.44. The fraction of sp³-hybridized carbons (Fsp3) is 0.333. The molecule has 0 spiro atoms. The van der Waals surface area contributed by atoms with E-state index >= 15 is 0 Å². The molecule has 18 heavy (non-hydrogen) atoms. The molecule has 1 amide bonds. The molecule has 0 aliphatic rings. The highest BCUT2D eigenvalue weighted by Gasteiger charge is 2.17. The highest BCUT2D eigenvalue weighted by Crippen LogP contribution is 2.33. The maximum atomic E-state index is 11.1. The summed E-state index contributed by atoms with van der Waals surface area (Å²) in [6, 6.07) is 2.76. The quantitative estimate of drug-likeness (QED) is 0.835. The minimum Gasteiger partial charge on any atom is -0.493 e. The summed E-state index contributed by atoms with van der Waals surface area (Å²) in [5.74, 6) is -0.817. The number of carbonyl (C=O) groups excluding carboxylic acids is 1. The number of carbonyl (C=O) groups is 2. The van der Waals surface area contributed by atoms with E-state index < -0.39 is 5.97 Å². The van der Waals surface area contributed by atoms with Gasteiger partial charge in [-0.25, -0.2) is 4.79 Å². The van der Waals surface area contributed by atoms with Gasteiger partial charge in [0.25, 0.3) is 0 Å². The zero-order valence-electron chi connectivity index (χ0n) is 10.4. The van der Waals surface area contributed by atoms with Gasteiger partial charge in [0.2, 0.25) is 5.91 Å². The third-order valence-electron chi connectivity index (χ3n) is 2.14. The number of ether oxygens (including phenoxy) is 2. The Hall–Kier alpha value is -2.24. The number of nitrogens with one attached hydrogen (secondary N) is 1. The Kier molecular flexibility index (Phi) is 4.53. The molecular formula is C12H15NO5. The van der Waals surface area contributed by atoms with E-state index in [0.717, 1.165) is 0 Å². The minimum absolute atomic E-state index is 0.0468. The average Bonchev–Trinajstić information content (AvgIpc) is 2.29. The number of hydrogen-bond acceptors (Lipinski definition) is 4. The Morgan fingerprint density at radius 2 is 2.00 bits per heavy atom. The number of anilines is 1. The number of methoxy groups -OCH3 is 1. The third kappa shape index (κ3) is 3.13. The van der Waals surface area contributed by atoms with Crippen molar-refractivity contribution < 1.29 is 24.2 Å². The van der Waals surface area contributed by atoms with Crippen molar-refractivity contribution >= 4 is 17.6 Å². The summed E-state index contributed by atoms with van der Waals surface area (Å²) in [6.07, 6.45) is 0. The van der Waals surface area contributed by atoms with Crippen LogP contribution in [0.15, 0.2) is 12.1 Å². The summed E-state index contributed by atoms with van der Waals surface area (Å²) in [6.45, 7) is 3.46. The summed E-state index contributed by atoms with van der Waals surface area (Å²) >= 11 is 0. The van der Waals surface area contributed by atoms with Gasteiger partial charge in [0.1, 0.15) is 0 Å². The predicted octanol–water partition coefficient (Wildman–Crippen LogP) is 1.75. The summed E-state index contributed by atoms with van der Waals surface area (Å²) < 4.78 is 10.4. The van der Waals surface area contributed by atoms with Crippen molar-refractivity contribution in [2.24, 2.45) is 0 Å². The van der Waals surface area contributed by atoms with Gasteiger partial charge in [-0.3, -0.25) is 4.79 Å². The second kappa shape index (κ2) is 5.90. The maximum Gasteiger partial charge on any atom is 0.337 e. The second-order valence-electron chi connectivity index (χ2n) is 3.47. The van der Waals surface area contributed by atoms with Gasteiger partial charge in [-0.05, 0) is 6.92 Å². The second-order valence-corrected chi connectivity index (χ2v) is 3.47. The van der Waals surface area contributed by atoms with Crippen LogP contribution in [0.1, 0.15) is 24.2 Å². The lowest BCUT2D eigenvalue weighted by Gasteiger charge is -2.13. The number of carboxylic acid groups (broad SMARTS) is 1. The molecule has 6 nitrogen and oxygen atoms in total.